The summed E-state index contributed by atoms with van der Waals surface area (Å²) < 4.78 is 72.9. The van der Waals surface area contributed by atoms with E-state index in [9.17, 15) is 21.6 Å². The number of benzene rings is 2. The summed E-state index contributed by atoms with van der Waals surface area (Å²) in [5.74, 6) is -0.0555. The zero-order chi connectivity index (χ0) is 20.5. The Bertz CT molecular complexity index is 1040. The van der Waals surface area contributed by atoms with Gasteiger partial charge < -0.3 is 15.4 Å². The Labute approximate surface area is 164 Å². The van der Waals surface area contributed by atoms with Gasteiger partial charge in [-0.1, -0.05) is 23.7 Å². The maximum atomic E-state index is 13.1. The number of anilines is 1. The van der Waals surface area contributed by atoms with E-state index in [-0.39, 0.29) is 39.2 Å². The van der Waals surface area contributed by atoms with E-state index in [0.717, 1.165) is 18.2 Å². The Morgan fingerprint density at radius 3 is 2.64 bits per heavy atom. The highest BCUT2D eigenvalue weighted by atomic mass is 35.5. The van der Waals surface area contributed by atoms with Gasteiger partial charge in [0.15, 0.2) is 0 Å². The van der Waals surface area contributed by atoms with Crippen molar-refractivity contribution >= 4 is 33.3 Å². The van der Waals surface area contributed by atoms with E-state index in [1.807, 2.05) is 0 Å². The van der Waals surface area contributed by atoms with Crippen LogP contribution >= 0.6 is 11.6 Å². The summed E-state index contributed by atoms with van der Waals surface area (Å²) in [6.07, 6.45) is -4.57. The lowest BCUT2D eigenvalue weighted by molar-refractivity contribution is -0.137. The van der Waals surface area contributed by atoms with Crippen molar-refractivity contribution in [2.45, 2.75) is 11.1 Å². The molecule has 2 aromatic rings. The quantitative estimate of drug-likeness (QED) is 0.718. The lowest BCUT2D eigenvalue weighted by atomic mass is 10.0. The predicted molar refractivity (Wildman–Crippen MR) is 100 cm³/mol. The molecule has 28 heavy (non-hydrogen) atoms. The van der Waals surface area contributed by atoms with E-state index < -0.39 is 21.8 Å². The molecule has 1 aliphatic heterocycles. The highest BCUT2D eigenvalue weighted by Gasteiger charge is 2.32. The molecule has 1 heterocycles. The van der Waals surface area contributed by atoms with Crippen molar-refractivity contribution in [1.82, 2.24) is 5.32 Å². The van der Waals surface area contributed by atoms with Crippen LogP contribution in [0.15, 0.2) is 45.7 Å². The summed E-state index contributed by atoms with van der Waals surface area (Å²) in [5.41, 5.74) is -0.541. The molecular formula is C17H15ClF3N3O3S. The fourth-order valence-electron chi connectivity index (χ4n) is 2.67. The molecule has 0 bridgehead atoms. The molecule has 2 N–H and O–H groups in total. The van der Waals surface area contributed by atoms with Gasteiger partial charge in [-0.2, -0.15) is 21.6 Å². The molecule has 1 aliphatic rings. The summed E-state index contributed by atoms with van der Waals surface area (Å²) in [7, 11) is -2.57. The van der Waals surface area contributed by atoms with E-state index in [0.29, 0.717) is 6.61 Å². The zero-order valence-corrected chi connectivity index (χ0v) is 16.0. The van der Waals surface area contributed by atoms with Gasteiger partial charge in [-0.3, -0.25) is 0 Å². The van der Waals surface area contributed by atoms with Crippen LogP contribution in [0.2, 0.25) is 5.02 Å². The molecule has 0 saturated heterocycles. The second kappa shape index (κ2) is 7.61. The van der Waals surface area contributed by atoms with Crippen LogP contribution < -0.4 is 10.6 Å². The first-order chi connectivity index (χ1) is 13.1. The number of hydrogen-bond acceptors (Lipinski definition) is 5. The third-order valence-corrected chi connectivity index (χ3v) is 5.59. The fourth-order valence-corrected chi connectivity index (χ4v) is 4.00. The van der Waals surface area contributed by atoms with Gasteiger partial charge in [0.25, 0.3) is 10.0 Å². The van der Waals surface area contributed by atoms with Crippen molar-refractivity contribution in [1.29, 1.82) is 0 Å². The number of hydrogen-bond donors (Lipinski definition) is 2. The van der Waals surface area contributed by atoms with Crippen molar-refractivity contribution in [3.63, 3.8) is 0 Å². The minimum Gasteiger partial charge on any atom is -0.383 e. The highest BCUT2D eigenvalue weighted by molar-refractivity contribution is 7.90. The molecule has 150 valence electrons. The number of rotatable bonds is 4. The minimum atomic E-state index is -4.57. The molecule has 0 radical (unpaired) electrons. The molecular weight excluding hydrogens is 419 g/mol. The second-order valence-electron chi connectivity index (χ2n) is 5.83. The first-order valence-electron chi connectivity index (χ1n) is 7.98. The van der Waals surface area contributed by atoms with Gasteiger partial charge >= 0.3 is 6.18 Å². The predicted octanol–water partition coefficient (Wildman–Crippen LogP) is 3.73. The normalized spacial score (nSPS) is 15.4. The number of para-hydroxylation sites is 1. The van der Waals surface area contributed by atoms with Crippen LogP contribution in [-0.2, 0) is 20.9 Å². The topological polar surface area (TPSA) is 79.8 Å². The Morgan fingerprint density at radius 2 is 1.96 bits per heavy atom. The molecule has 6 nitrogen and oxygen atoms in total. The second-order valence-corrected chi connectivity index (χ2v) is 7.81. The molecule has 0 atom stereocenters. The number of nitrogens with one attached hydrogen (secondary N) is 2. The van der Waals surface area contributed by atoms with E-state index in [1.54, 1.807) is 0 Å². The third kappa shape index (κ3) is 4.08. The van der Waals surface area contributed by atoms with Gasteiger partial charge in [0, 0.05) is 29.8 Å². The maximum absolute atomic E-state index is 13.1. The number of fused-ring (bicyclic) bond motifs is 1. The first-order valence-corrected chi connectivity index (χ1v) is 9.80. The van der Waals surface area contributed by atoms with E-state index in [1.165, 1.54) is 25.3 Å². The van der Waals surface area contributed by atoms with Gasteiger partial charge in [0.05, 0.1) is 17.9 Å². The Balaban J connectivity index is 2.11. The summed E-state index contributed by atoms with van der Waals surface area (Å²) in [5, 5.41) is 5.65. The van der Waals surface area contributed by atoms with Crippen LogP contribution in [-0.4, -0.2) is 34.6 Å². The fraction of sp³-hybridized carbons (Fsp3) is 0.235. The Morgan fingerprint density at radius 1 is 1.21 bits per heavy atom. The summed E-state index contributed by atoms with van der Waals surface area (Å²) >= 11 is 6.13. The largest absolute Gasteiger partial charge is 0.416 e. The lowest BCUT2D eigenvalue weighted by Gasteiger charge is -2.22. The summed E-state index contributed by atoms with van der Waals surface area (Å²) in [6.45, 7) is 0.578. The molecule has 0 fully saturated rings. The number of halogens is 4. The van der Waals surface area contributed by atoms with Gasteiger partial charge in [-0.15, -0.1) is 4.40 Å². The zero-order valence-electron chi connectivity index (χ0n) is 14.5. The number of ether oxygens (including phenoxy) is 1. The van der Waals surface area contributed by atoms with Gasteiger partial charge in [-0.25, -0.2) is 0 Å². The van der Waals surface area contributed by atoms with Crippen molar-refractivity contribution in [2.75, 3.05) is 25.6 Å². The summed E-state index contributed by atoms with van der Waals surface area (Å²) in [6, 6.07) is 7.10. The van der Waals surface area contributed by atoms with Gasteiger partial charge in [0.1, 0.15) is 4.90 Å². The van der Waals surface area contributed by atoms with Crippen molar-refractivity contribution in [2.24, 2.45) is 4.40 Å². The smallest absolute Gasteiger partial charge is 0.383 e. The minimum absolute atomic E-state index is 0.0502. The molecule has 0 aliphatic carbocycles. The van der Waals surface area contributed by atoms with E-state index in [2.05, 4.69) is 15.0 Å². The van der Waals surface area contributed by atoms with Crippen LogP contribution in [0.4, 0.5) is 18.9 Å². The molecule has 0 amide bonds. The van der Waals surface area contributed by atoms with Crippen molar-refractivity contribution in [3.8, 4) is 11.1 Å². The van der Waals surface area contributed by atoms with Crippen molar-refractivity contribution in [3.05, 3.63) is 47.0 Å². The number of nitrogens with zero attached hydrogens (tertiary/aromatic N) is 1. The molecule has 0 saturated carbocycles. The number of guanidine groups is 1. The SMILES string of the molecule is COCCNC1=NS(=O)(=O)c2cccc(-c3cc(C(F)(F)F)ccc3Cl)c2N1. The molecule has 0 spiro atoms. The Hall–Kier alpha value is -2.30. The van der Waals surface area contributed by atoms with Crippen LogP contribution in [0.25, 0.3) is 11.1 Å². The van der Waals surface area contributed by atoms with Gasteiger partial charge in [-0.05, 0) is 24.3 Å². The molecule has 11 heteroatoms. The Kier molecular flexibility index (Phi) is 5.55. The number of methoxy groups -OCH3 is 1. The molecule has 0 unspecified atom stereocenters. The molecule has 3 rings (SSSR count). The van der Waals surface area contributed by atoms with Crippen LogP contribution in [0.5, 0.6) is 0 Å². The number of alkyl halides is 3. The summed E-state index contributed by atoms with van der Waals surface area (Å²) in [4.78, 5) is -0.157. The first kappa shape index (κ1) is 20.4. The molecule has 0 aromatic heterocycles. The van der Waals surface area contributed by atoms with Crippen LogP contribution in [0.1, 0.15) is 5.56 Å². The van der Waals surface area contributed by atoms with Crippen LogP contribution in [0.3, 0.4) is 0 Å². The molecule has 2 aromatic carbocycles. The van der Waals surface area contributed by atoms with Crippen molar-refractivity contribution < 1.29 is 26.3 Å². The monoisotopic (exact) mass is 433 g/mol. The maximum Gasteiger partial charge on any atom is 0.416 e. The van der Waals surface area contributed by atoms with Gasteiger partial charge in [0.2, 0.25) is 5.96 Å². The standard InChI is InChI=1S/C17H15ClF3N3O3S/c1-27-8-7-22-16-23-15-11(3-2-4-14(15)28(25,26)24-16)12-9-10(17(19,20)21)5-6-13(12)18/h2-6,9H,7-8H2,1H3,(H2,22,23,24). The average molecular weight is 434 g/mol. The van der Waals surface area contributed by atoms with E-state index >= 15 is 0 Å². The lowest BCUT2D eigenvalue weighted by Crippen LogP contribution is -2.36. The van der Waals surface area contributed by atoms with E-state index in [4.69, 9.17) is 16.3 Å². The highest BCUT2D eigenvalue weighted by Crippen LogP contribution is 2.41. The number of sulfonamides is 1. The van der Waals surface area contributed by atoms with Crippen LogP contribution in [0, 0.1) is 0 Å². The third-order valence-electron chi connectivity index (χ3n) is 3.94. The average Bonchev–Trinajstić information content (AvgIpc) is 2.61.